The van der Waals surface area contributed by atoms with E-state index in [2.05, 4.69) is 23.5 Å². The Morgan fingerprint density at radius 2 is 1.70 bits per heavy atom. The van der Waals surface area contributed by atoms with E-state index in [9.17, 15) is 9.00 Å². The zero-order valence-corrected chi connectivity index (χ0v) is 17.1. The summed E-state index contributed by atoms with van der Waals surface area (Å²) in [5.74, 6) is 0.849. The van der Waals surface area contributed by atoms with Crippen molar-refractivity contribution in [2.45, 2.75) is 58.0 Å². The predicted molar refractivity (Wildman–Crippen MR) is 109 cm³/mol. The highest BCUT2D eigenvalue weighted by molar-refractivity contribution is 7.80. The lowest BCUT2D eigenvalue weighted by Crippen LogP contribution is -2.59. The second kappa shape index (κ2) is 9.17. The lowest BCUT2D eigenvalue weighted by molar-refractivity contribution is 0.0232. The molecule has 2 fully saturated rings. The van der Waals surface area contributed by atoms with Crippen molar-refractivity contribution in [1.82, 2.24) is 9.80 Å². The first-order valence-electron chi connectivity index (χ1n) is 9.96. The van der Waals surface area contributed by atoms with Crippen molar-refractivity contribution in [2.75, 3.05) is 24.4 Å². The fourth-order valence-electron chi connectivity index (χ4n) is 4.65. The third kappa shape index (κ3) is 5.30. The normalized spacial score (nSPS) is 26.0. The van der Waals surface area contributed by atoms with Gasteiger partial charge in [0.2, 0.25) is 0 Å². The number of carbonyl (C=O) groups excluding carboxylic acids is 1. The highest BCUT2D eigenvalue weighted by atomic mass is 32.2. The van der Waals surface area contributed by atoms with Crippen molar-refractivity contribution in [3.8, 4) is 0 Å². The van der Waals surface area contributed by atoms with Crippen molar-refractivity contribution in [3.05, 3.63) is 29.8 Å². The van der Waals surface area contributed by atoms with Crippen molar-refractivity contribution >= 4 is 22.9 Å². The van der Waals surface area contributed by atoms with E-state index in [1.165, 1.54) is 32.1 Å². The quantitative estimate of drug-likeness (QED) is 0.753. The summed E-state index contributed by atoms with van der Waals surface area (Å²) in [5.41, 5.74) is 1.13. The van der Waals surface area contributed by atoms with Gasteiger partial charge in [-0.2, -0.15) is 0 Å². The van der Waals surface area contributed by atoms with E-state index in [0.29, 0.717) is 11.3 Å². The maximum atomic E-state index is 13.0. The number of nitrogens with one attached hydrogen (secondary N) is 1. The Labute approximate surface area is 164 Å². The van der Waals surface area contributed by atoms with E-state index in [4.69, 9.17) is 4.55 Å². The van der Waals surface area contributed by atoms with Crippen LogP contribution in [0.1, 0.15) is 56.3 Å². The highest BCUT2D eigenvalue weighted by Crippen LogP contribution is 2.27. The molecule has 0 bridgehead atoms. The Kier molecular flexibility index (Phi) is 6.89. The standard InChI is InChI=1S/C20H31N3O3S/c1-15-12-22(14-17-6-4-3-5-7-17)13-16(2)23(15)20(24)18-8-10-19(11-9-18)21-27(25)26/h8-11,15-17,21H,3-7,12-14H2,1-2H3,(H,25,26). The van der Waals surface area contributed by atoms with Gasteiger partial charge in [-0.25, -0.2) is 4.21 Å². The van der Waals surface area contributed by atoms with E-state index < -0.39 is 11.3 Å². The molecule has 3 atom stereocenters. The van der Waals surface area contributed by atoms with Crippen LogP contribution in [0.5, 0.6) is 0 Å². The minimum absolute atomic E-state index is 0.0315. The lowest BCUT2D eigenvalue weighted by atomic mass is 9.88. The Balaban J connectivity index is 1.61. The van der Waals surface area contributed by atoms with E-state index in [0.717, 1.165) is 25.6 Å². The summed E-state index contributed by atoms with van der Waals surface area (Å²) in [6, 6.07) is 7.10. The molecule has 150 valence electrons. The van der Waals surface area contributed by atoms with Gasteiger partial charge in [-0.15, -0.1) is 0 Å². The molecule has 2 N–H and O–H groups in total. The summed E-state index contributed by atoms with van der Waals surface area (Å²) in [5, 5.41) is 0. The fourth-order valence-corrected chi connectivity index (χ4v) is 4.98. The number of hydrogen-bond acceptors (Lipinski definition) is 3. The Morgan fingerprint density at radius 1 is 1.11 bits per heavy atom. The Bertz CT molecular complexity index is 649. The minimum atomic E-state index is -2.11. The maximum Gasteiger partial charge on any atom is 0.259 e. The molecule has 2 aliphatic rings. The molecule has 1 aromatic rings. The van der Waals surface area contributed by atoms with Crippen LogP contribution in [0.25, 0.3) is 0 Å². The first-order valence-corrected chi connectivity index (χ1v) is 11.1. The van der Waals surface area contributed by atoms with Crippen LogP contribution in [0.4, 0.5) is 5.69 Å². The number of benzene rings is 1. The van der Waals surface area contributed by atoms with Crippen LogP contribution >= 0.6 is 0 Å². The third-order valence-electron chi connectivity index (χ3n) is 5.81. The molecule has 3 unspecified atom stereocenters. The van der Waals surface area contributed by atoms with Crippen molar-refractivity contribution in [2.24, 2.45) is 5.92 Å². The number of nitrogens with zero attached hydrogens (tertiary/aromatic N) is 2. The number of carbonyl (C=O) groups is 1. The predicted octanol–water partition coefficient (Wildman–Crippen LogP) is 3.35. The maximum absolute atomic E-state index is 13.0. The topological polar surface area (TPSA) is 72.9 Å². The van der Waals surface area contributed by atoms with E-state index >= 15 is 0 Å². The third-order valence-corrected chi connectivity index (χ3v) is 6.22. The van der Waals surface area contributed by atoms with Crippen LogP contribution in [0.3, 0.4) is 0 Å². The van der Waals surface area contributed by atoms with Gasteiger partial charge in [-0.05, 0) is 56.9 Å². The van der Waals surface area contributed by atoms with Crippen LogP contribution in [-0.4, -0.2) is 56.2 Å². The molecular formula is C20H31N3O3S. The van der Waals surface area contributed by atoms with Crippen LogP contribution < -0.4 is 4.72 Å². The zero-order chi connectivity index (χ0) is 19.4. The molecular weight excluding hydrogens is 362 g/mol. The average molecular weight is 394 g/mol. The van der Waals surface area contributed by atoms with Gasteiger partial charge in [-0.1, -0.05) is 19.3 Å². The number of hydrogen-bond donors (Lipinski definition) is 2. The van der Waals surface area contributed by atoms with Crippen LogP contribution in [0.2, 0.25) is 0 Å². The summed E-state index contributed by atoms with van der Waals surface area (Å²) in [4.78, 5) is 17.6. The summed E-state index contributed by atoms with van der Waals surface area (Å²) < 4.78 is 22.1. The fraction of sp³-hybridized carbons (Fsp3) is 0.650. The second-order valence-corrected chi connectivity index (χ2v) is 8.76. The molecule has 1 saturated heterocycles. The molecule has 1 heterocycles. The van der Waals surface area contributed by atoms with E-state index in [-0.39, 0.29) is 18.0 Å². The minimum Gasteiger partial charge on any atom is -0.331 e. The van der Waals surface area contributed by atoms with E-state index in [1.54, 1.807) is 24.3 Å². The summed E-state index contributed by atoms with van der Waals surface area (Å²) >= 11 is -2.11. The molecule has 3 rings (SSSR count). The smallest absolute Gasteiger partial charge is 0.259 e. The monoisotopic (exact) mass is 393 g/mol. The number of anilines is 1. The van der Waals surface area contributed by atoms with Gasteiger partial charge in [-0.3, -0.25) is 19.0 Å². The van der Waals surface area contributed by atoms with E-state index in [1.807, 2.05) is 4.90 Å². The molecule has 0 aromatic heterocycles. The molecule has 1 aliphatic heterocycles. The van der Waals surface area contributed by atoms with Crippen molar-refractivity contribution < 1.29 is 13.6 Å². The SMILES string of the molecule is CC1CN(CC2CCCCC2)CC(C)N1C(=O)c1ccc(NS(=O)O)cc1. The van der Waals surface area contributed by atoms with Gasteiger partial charge >= 0.3 is 0 Å². The summed E-state index contributed by atoms with van der Waals surface area (Å²) in [6.45, 7) is 7.28. The molecule has 6 nitrogen and oxygen atoms in total. The summed E-state index contributed by atoms with van der Waals surface area (Å²) in [7, 11) is 0. The van der Waals surface area contributed by atoms with Gasteiger partial charge < -0.3 is 4.90 Å². The molecule has 1 amide bonds. The van der Waals surface area contributed by atoms with Gasteiger partial charge in [0.25, 0.3) is 17.2 Å². The van der Waals surface area contributed by atoms with Gasteiger partial charge in [0.15, 0.2) is 0 Å². The zero-order valence-electron chi connectivity index (χ0n) is 16.3. The first kappa shape index (κ1) is 20.3. The molecule has 27 heavy (non-hydrogen) atoms. The number of rotatable bonds is 5. The molecule has 1 aromatic carbocycles. The van der Waals surface area contributed by atoms with Crippen LogP contribution in [0, 0.1) is 5.92 Å². The van der Waals surface area contributed by atoms with Crippen LogP contribution in [0.15, 0.2) is 24.3 Å². The average Bonchev–Trinajstić information content (AvgIpc) is 2.62. The lowest BCUT2D eigenvalue weighted by Gasteiger charge is -2.45. The van der Waals surface area contributed by atoms with Crippen LogP contribution in [-0.2, 0) is 11.3 Å². The molecule has 1 aliphatic carbocycles. The number of piperazine rings is 1. The largest absolute Gasteiger partial charge is 0.331 e. The molecule has 0 spiro atoms. The second-order valence-electron chi connectivity index (χ2n) is 8.06. The van der Waals surface area contributed by atoms with Gasteiger partial charge in [0.05, 0.1) is 0 Å². The molecule has 1 saturated carbocycles. The van der Waals surface area contributed by atoms with Crippen molar-refractivity contribution in [1.29, 1.82) is 0 Å². The van der Waals surface area contributed by atoms with Gasteiger partial charge in [0, 0.05) is 43.0 Å². The highest BCUT2D eigenvalue weighted by Gasteiger charge is 2.34. The van der Waals surface area contributed by atoms with Crippen molar-refractivity contribution in [3.63, 3.8) is 0 Å². The number of amides is 1. The summed E-state index contributed by atoms with van der Waals surface area (Å²) in [6.07, 6.45) is 6.81. The molecule has 0 radical (unpaired) electrons. The molecule has 7 heteroatoms. The first-order chi connectivity index (χ1) is 12.9. The Hall–Kier alpha value is -1.44. The van der Waals surface area contributed by atoms with Gasteiger partial charge in [0.1, 0.15) is 0 Å². The Morgan fingerprint density at radius 3 is 2.26 bits per heavy atom.